The van der Waals surface area contributed by atoms with Gasteiger partial charge in [0.15, 0.2) is 5.78 Å². The Labute approximate surface area is 159 Å². The summed E-state index contributed by atoms with van der Waals surface area (Å²) in [5, 5.41) is 22.8. The number of aromatic hydroxyl groups is 1. The molecule has 0 heterocycles. The van der Waals surface area contributed by atoms with Gasteiger partial charge in [0.1, 0.15) is 11.9 Å². The zero-order valence-electron chi connectivity index (χ0n) is 15.5. The maximum absolute atomic E-state index is 12.8. The number of rotatable bonds is 12. The molecule has 6 heteroatoms. The molecule has 0 radical (unpaired) electrons. The number of aliphatic hydroxyl groups excluding tert-OH is 1. The third-order valence-electron chi connectivity index (χ3n) is 4.04. The molecule has 0 aliphatic heterocycles. The predicted molar refractivity (Wildman–Crippen MR) is 103 cm³/mol. The zero-order chi connectivity index (χ0) is 19.5. The summed E-state index contributed by atoms with van der Waals surface area (Å²) in [6.45, 7) is 1.56. The van der Waals surface area contributed by atoms with Crippen molar-refractivity contribution in [3.05, 3.63) is 65.7 Å². The average molecular weight is 373 g/mol. The Bertz CT molecular complexity index is 692. The third-order valence-corrected chi connectivity index (χ3v) is 4.04. The Kier molecular flexibility index (Phi) is 8.94. The fourth-order valence-corrected chi connectivity index (χ4v) is 2.64. The molecule has 27 heavy (non-hydrogen) atoms. The molecule has 2 aromatic carbocycles. The molecule has 0 saturated carbocycles. The summed E-state index contributed by atoms with van der Waals surface area (Å²) < 4.78 is 10.7. The molecule has 0 aliphatic carbocycles. The van der Waals surface area contributed by atoms with Gasteiger partial charge >= 0.3 is 0 Å². The van der Waals surface area contributed by atoms with Gasteiger partial charge in [0.05, 0.1) is 19.3 Å². The fraction of sp³-hybridized carbons (Fsp3) is 0.381. The van der Waals surface area contributed by atoms with Crippen LogP contribution in [0.1, 0.15) is 15.9 Å². The first-order valence-corrected chi connectivity index (χ1v) is 8.96. The van der Waals surface area contributed by atoms with Crippen LogP contribution in [-0.4, -0.2) is 61.6 Å². The van der Waals surface area contributed by atoms with Crippen molar-refractivity contribution in [1.29, 1.82) is 0 Å². The minimum Gasteiger partial charge on any atom is -0.508 e. The van der Waals surface area contributed by atoms with E-state index in [0.717, 1.165) is 5.56 Å². The number of hydrogen-bond acceptors (Lipinski definition) is 6. The topological polar surface area (TPSA) is 88.0 Å². The molecule has 2 unspecified atom stereocenters. The molecule has 0 aliphatic rings. The van der Waals surface area contributed by atoms with Crippen molar-refractivity contribution in [3.63, 3.8) is 0 Å². The molecular formula is C21H27NO5. The highest BCUT2D eigenvalue weighted by atomic mass is 16.5. The summed E-state index contributed by atoms with van der Waals surface area (Å²) in [5.74, 6) is -0.0146. The van der Waals surface area contributed by atoms with Gasteiger partial charge < -0.3 is 25.0 Å². The zero-order valence-corrected chi connectivity index (χ0v) is 15.5. The number of nitrogens with one attached hydrogen (secondary N) is 1. The standard InChI is InChI=1S/C21H27NO5/c1-26-11-10-22-14-19(24)15-27-20(13-16-6-5-9-18(23)12-16)21(25)17-7-3-2-4-8-17/h2-9,12,19-20,22-24H,10-11,13-15H2,1H3. The third kappa shape index (κ3) is 7.48. The monoisotopic (exact) mass is 373 g/mol. The van der Waals surface area contributed by atoms with Crippen molar-refractivity contribution in [2.75, 3.05) is 33.4 Å². The Hall–Kier alpha value is -2.25. The number of carbonyl (C=O) groups is 1. The van der Waals surface area contributed by atoms with E-state index in [1.54, 1.807) is 49.6 Å². The number of benzene rings is 2. The van der Waals surface area contributed by atoms with E-state index < -0.39 is 12.2 Å². The Morgan fingerprint density at radius 3 is 2.63 bits per heavy atom. The highest BCUT2D eigenvalue weighted by Crippen LogP contribution is 2.16. The van der Waals surface area contributed by atoms with E-state index in [2.05, 4.69) is 5.32 Å². The maximum Gasteiger partial charge on any atom is 0.191 e. The second-order valence-corrected chi connectivity index (χ2v) is 6.28. The van der Waals surface area contributed by atoms with E-state index in [9.17, 15) is 15.0 Å². The molecule has 146 valence electrons. The van der Waals surface area contributed by atoms with Gasteiger partial charge in [-0.1, -0.05) is 42.5 Å². The second-order valence-electron chi connectivity index (χ2n) is 6.28. The molecule has 0 fully saturated rings. The van der Waals surface area contributed by atoms with E-state index in [1.807, 2.05) is 12.1 Å². The SMILES string of the molecule is COCCNCC(O)COC(Cc1cccc(O)c1)C(=O)c1ccccc1. The fourth-order valence-electron chi connectivity index (χ4n) is 2.64. The smallest absolute Gasteiger partial charge is 0.191 e. The number of carbonyl (C=O) groups excluding carboxylic acids is 1. The predicted octanol–water partition coefficient (Wildman–Crippen LogP) is 1.80. The van der Waals surface area contributed by atoms with Crippen LogP contribution in [0.2, 0.25) is 0 Å². The van der Waals surface area contributed by atoms with Crippen LogP contribution in [0.4, 0.5) is 0 Å². The number of methoxy groups -OCH3 is 1. The lowest BCUT2D eigenvalue weighted by atomic mass is 9.99. The molecule has 0 saturated heterocycles. The van der Waals surface area contributed by atoms with Crippen LogP contribution < -0.4 is 5.32 Å². The molecule has 0 aromatic heterocycles. The van der Waals surface area contributed by atoms with Crippen LogP contribution in [0.15, 0.2) is 54.6 Å². The van der Waals surface area contributed by atoms with Crippen molar-refractivity contribution in [1.82, 2.24) is 5.32 Å². The first kappa shape index (κ1) is 21.1. The number of phenolic OH excluding ortho intramolecular Hbond substituents is 1. The van der Waals surface area contributed by atoms with Crippen LogP contribution >= 0.6 is 0 Å². The van der Waals surface area contributed by atoms with Gasteiger partial charge in [0.2, 0.25) is 0 Å². The number of ether oxygens (including phenoxy) is 2. The van der Waals surface area contributed by atoms with Gasteiger partial charge in [-0.05, 0) is 17.7 Å². The minimum absolute atomic E-state index is 0.0298. The Morgan fingerprint density at radius 2 is 1.93 bits per heavy atom. The lowest BCUT2D eigenvalue weighted by Gasteiger charge is -2.20. The molecule has 0 spiro atoms. The number of ketones is 1. The summed E-state index contributed by atoms with van der Waals surface area (Å²) in [4.78, 5) is 12.8. The van der Waals surface area contributed by atoms with Crippen molar-refractivity contribution < 1.29 is 24.5 Å². The van der Waals surface area contributed by atoms with E-state index in [0.29, 0.717) is 31.7 Å². The lowest BCUT2D eigenvalue weighted by molar-refractivity contribution is -0.00199. The second kappa shape index (κ2) is 11.5. The molecule has 6 nitrogen and oxygen atoms in total. The molecule has 0 amide bonds. The van der Waals surface area contributed by atoms with E-state index >= 15 is 0 Å². The summed E-state index contributed by atoms with van der Waals surface area (Å²) in [5.41, 5.74) is 1.34. The maximum atomic E-state index is 12.8. The van der Waals surface area contributed by atoms with Crippen LogP contribution in [0, 0.1) is 0 Å². The molecule has 0 bridgehead atoms. The summed E-state index contributed by atoms with van der Waals surface area (Å²) in [7, 11) is 1.61. The van der Waals surface area contributed by atoms with Gasteiger partial charge in [0.25, 0.3) is 0 Å². The molecule has 2 atom stereocenters. The van der Waals surface area contributed by atoms with Crippen LogP contribution in [0.5, 0.6) is 5.75 Å². The van der Waals surface area contributed by atoms with E-state index in [4.69, 9.17) is 9.47 Å². The quantitative estimate of drug-likeness (QED) is 0.388. The van der Waals surface area contributed by atoms with Crippen molar-refractivity contribution >= 4 is 5.78 Å². The van der Waals surface area contributed by atoms with Gasteiger partial charge in [-0.2, -0.15) is 0 Å². The first-order valence-electron chi connectivity index (χ1n) is 8.96. The molecular weight excluding hydrogens is 346 g/mol. The van der Waals surface area contributed by atoms with Crippen molar-refractivity contribution in [3.8, 4) is 5.75 Å². The van der Waals surface area contributed by atoms with Gasteiger partial charge in [-0.15, -0.1) is 0 Å². The summed E-state index contributed by atoms with van der Waals surface area (Å²) >= 11 is 0. The van der Waals surface area contributed by atoms with Gasteiger partial charge in [0, 0.05) is 32.2 Å². The number of Topliss-reactive ketones (excluding diaryl/α,β-unsaturated/α-hetero) is 1. The van der Waals surface area contributed by atoms with Crippen LogP contribution in [0.3, 0.4) is 0 Å². The minimum atomic E-state index is -0.747. The Morgan fingerprint density at radius 1 is 1.15 bits per heavy atom. The summed E-state index contributed by atoms with van der Waals surface area (Å²) in [6.07, 6.45) is -1.17. The van der Waals surface area contributed by atoms with Crippen molar-refractivity contribution in [2.24, 2.45) is 0 Å². The largest absolute Gasteiger partial charge is 0.508 e. The number of phenols is 1. The van der Waals surface area contributed by atoms with Crippen molar-refractivity contribution in [2.45, 2.75) is 18.6 Å². The van der Waals surface area contributed by atoms with Gasteiger partial charge in [-0.25, -0.2) is 0 Å². The van der Waals surface area contributed by atoms with Crippen LogP contribution in [-0.2, 0) is 15.9 Å². The van der Waals surface area contributed by atoms with Gasteiger partial charge in [-0.3, -0.25) is 4.79 Å². The van der Waals surface area contributed by atoms with Crippen LogP contribution in [0.25, 0.3) is 0 Å². The molecule has 2 rings (SSSR count). The van der Waals surface area contributed by atoms with E-state index in [1.165, 1.54) is 0 Å². The normalized spacial score (nSPS) is 13.3. The summed E-state index contributed by atoms with van der Waals surface area (Å²) in [6, 6.07) is 15.7. The number of aliphatic hydroxyl groups is 1. The Balaban J connectivity index is 2.00. The highest BCUT2D eigenvalue weighted by Gasteiger charge is 2.22. The molecule has 3 N–H and O–H groups in total. The first-order chi connectivity index (χ1) is 13.1. The number of hydrogen-bond donors (Lipinski definition) is 3. The van der Waals surface area contributed by atoms with E-state index in [-0.39, 0.29) is 18.1 Å². The molecule has 2 aromatic rings. The highest BCUT2D eigenvalue weighted by molar-refractivity contribution is 5.99. The average Bonchev–Trinajstić information content (AvgIpc) is 2.68. The lowest BCUT2D eigenvalue weighted by Crippen LogP contribution is -2.36.